The average Bonchev–Trinajstić information content (AvgIpc) is 2.72. The van der Waals surface area contributed by atoms with Crippen molar-refractivity contribution in [1.82, 2.24) is 5.32 Å². The highest BCUT2D eigenvalue weighted by Gasteiger charge is 2.18. The second-order valence-electron chi connectivity index (χ2n) is 4.84. The van der Waals surface area contributed by atoms with Crippen LogP contribution < -0.4 is 10.2 Å². The zero-order chi connectivity index (χ0) is 12.3. The number of nitrogens with one attached hydrogen (secondary N) is 1. The van der Waals surface area contributed by atoms with Gasteiger partial charge in [0.1, 0.15) is 5.82 Å². The molecule has 0 saturated heterocycles. The van der Waals surface area contributed by atoms with Crippen molar-refractivity contribution in [3.8, 4) is 0 Å². The summed E-state index contributed by atoms with van der Waals surface area (Å²) >= 11 is 0. The summed E-state index contributed by atoms with van der Waals surface area (Å²) in [5.41, 5.74) is 2.38. The SMILES string of the molecule is CNC(C)CCCN1CCc2ccc(F)cc21. The van der Waals surface area contributed by atoms with Gasteiger partial charge < -0.3 is 10.2 Å². The van der Waals surface area contributed by atoms with Gasteiger partial charge in [-0.15, -0.1) is 0 Å². The summed E-state index contributed by atoms with van der Waals surface area (Å²) in [4.78, 5) is 2.31. The highest BCUT2D eigenvalue weighted by Crippen LogP contribution is 2.28. The molecule has 1 heterocycles. The summed E-state index contributed by atoms with van der Waals surface area (Å²) < 4.78 is 13.2. The fraction of sp³-hybridized carbons (Fsp3) is 0.571. The molecule has 0 bridgehead atoms. The van der Waals surface area contributed by atoms with Crippen molar-refractivity contribution in [2.75, 3.05) is 25.0 Å². The van der Waals surface area contributed by atoms with Crippen LogP contribution in [0.5, 0.6) is 0 Å². The number of halogens is 1. The molecule has 1 atom stereocenters. The Balaban J connectivity index is 1.91. The fourth-order valence-corrected chi connectivity index (χ4v) is 2.38. The first-order valence-corrected chi connectivity index (χ1v) is 6.41. The van der Waals surface area contributed by atoms with E-state index < -0.39 is 0 Å². The van der Waals surface area contributed by atoms with Crippen LogP contribution in [0.2, 0.25) is 0 Å². The Morgan fingerprint density at radius 3 is 3.06 bits per heavy atom. The van der Waals surface area contributed by atoms with E-state index in [9.17, 15) is 4.39 Å². The Morgan fingerprint density at radius 1 is 1.47 bits per heavy atom. The van der Waals surface area contributed by atoms with E-state index in [1.54, 1.807) is 12.1 Å². The van der Waals surface area contributed by atoms with E-state index in [2.05, 4.69) is 17.1 Å². The Kier molecular flexibility index (Phi) is 4.00. The minimum atomic E-state index is -0.126. The van der Waals surface area contributed by atoms with Crippen LogP contribution in [0.15, 0.2) is 18.2 Å². The molecule has 2 rings (SSSR count). The molecule has 1 unspecified atom stereocenters. The molecule has 1 aromatic rings. The molecule has 3 heteroatoms. The van der Waals surface area contributed by atoms with E-state index in [0.717, 1.165) is 38.0 Å². The third kappa shape index (κ3) is 2.97. The van der Waals surface area contributed by atoms with Crippen LogP contribution in [0.1, 0.15) is 25.3 Å². The first-order chi connectivity index (χ1) is 8.20. The molecular formula is C14H21FN2. The largest absolute Gasteiger partial charge is 0.371 e. The van der Waals surface area contributed by atoms with Crippen LogP contribution in [0.25, 0.3) is 0 Å². The number of fused-ring (bicyclic) bond motifs is 1. The van der Waals surface area contributed by atoms with E-state index >= 15 is 0 Å². The van der Waals surface area contributed by atoms with Gasteiger partial charge in [-0.25, -0.2) is 4.39 Å². The van der Waals surface area contributed by atoms with Crippen molar-refractivity contribution < 1.29 is 4.39 Å². The fourth-order valence-electron chi connectivity index (χ4n) is 2.38. The summed E-state index contributed by atoms with van der Waals surface area (Å²) in [6.45, 7) is 4.26. The maximum absolute atomic E-state index is 13.2. The predicted molar refractivity (Wildman–Crippen MR) is 70.1 cm³/mol. The summed E-state index contributed by atoms with van der Waals surface area (Å²) in [6, 6.07) is 5.71. The molecule has 1 aliphatic heterocycles. The second kappa shape index (κ2) is 5.50. The van der Waals surface area contributed by atoms with Gasteiger partial charge in [0.15, 0.2) is 0 Å². The van der Waals surface area contributed by atoms with Crippen molar-refractivity contribution in [3.63, 3.8) is 0 Å². The smallest absolute Gasteiger partial charge is 0.125 e. The maximum atomic E-state index is 13.2. The van der Waals surface area contributed by atoms with Crippen molar-refractivity contribution in [3.05, 3.63) is 29.6 Å². The lowest BCUT2D eigenvalue weighted by atomic mass is 10.1. The topological polar surface area (TPSA) is 15.3 Å². The highest BCUT2D eigenvalue weighted by molar-refractivity contribution is 5.58. The average molecular weight is 236 g/mol. The number of anilines is 1. The van der Waals surface area contributed by atoms with Gasteiger partial charge in [0.05, 0.1) is 0 Å². The maximum Gasteiger partial charge on any atom is 0.125 e. The zero-order valence-corrected chi connectivity index (χ0v) is 10.7. The van der Waals surface area contributed by atoms with E-state index in [0.29, 0.717) is 6.04 Å². The van der Waals surface area contributed by atoms with Crippen LogP contribution in [-0.2, 0) is 6.42 Å². The highest BCUT2D eigenvalue weighted by atomic mass is 19.1. The van der Waals surface area contributed by atoms with E-state index in [4.69, 9.17) is 0 Å². The Hall–Kier alpha value is -1.09. The molecule has 17 heavy (non-hydrogen) atoms. The summed E-state index contributed by atoms with van der Waals surface area (Å²) in [7, 11) is 1.99. The van der Waals surface area contributed by atoms with Gasteiger partial charge in [-0.05, 0) is 50.9 Å². The third-order valence-electron chi connectivity index (χ3n) is 3.60. The summed E-state index contributed by atoms with van der Waals surface area (Å²) in [6.07, 6.45) is 3.37. The van der Waals surface area contributed by atoms with Crippen molar-refractivity contribution in [2.24, 2.45) is 0 Å². The van der Waals surface area contributed by atoms with Gasteiger partial charge in [0, 0.05) is 24.8 Å². The Bertz CT molecular complexity index is 378. The van der Waals surface area contributed by atoms with Gasteiger partial charge in [-0.1, -0.05) is 6.07 Å². The number of benzene rings is 1. The Labute approximate surface area is 103 Å². The minimum Gasteiger partial charge on any atom is -0.371 e. The van der Waals surface area contributed by atoms with Crippen molar-refractivity contribution in [1.29, 1.82) is 0 Å². The summed E-state index contributed by atoms with van der Waals surface area (Å²) in [5, 5.41) is 3.24. The number of hydrogen-bond donors (Lipinski definition) is 1. The summed E-state index contributed by atoms with van der Waals surface area (Å²) in [5.74, 6) is -0.126. The van der Waals surface area contributed by atoms with E-state index in [1.807, 2.05) is 13.1 Å². The Morgan fingerprint density at radius 2 is 2.29 bits per heavy atom. The first kappa shape index (κ1) is 12.4. The molecule has 1 aromatic carbocycles. The lowest BCUT2D eigenvalue weighted by Crippen LogP contribution is -2.26. The van der Waals surface area contributed by atoms with Crippen LogP contribution in [0.3, 0.4) is 0 Å². The quantitative estimate of drug-likeness (QED) is 0.845. The number of hydrogen-bond acceptors (Lipinski definition) is 2. The van der Waals surface area contributed by atoms with Gasteiger partial charge in [-0.2, -0.15) is 0 Å². The molecule has 1 aliphatic rings. The standard InChI is InChI=1S/C14H21FN2/c1-11(16-2)4-3-8-17-9-7-12-5-6-13(15)10-14(12)17/h5-6,10-11,16H,3-4,7-9H2,1-2H3. The molecule has 0 amide bonds. The molecule has 0 aromatic heterocycles. The van der Waals surface area contributed by atoms with Crippen LogP contribution in [0.4, 0.5) is 10.1 Å². The van der Waals surface area contributed by atoms with Crippen LogP contribution >= 0.6 is 0 Å². The zero-order valence-electron chi connectivity index (χ0n) is 10.7. The number of rotatable bonds is 5. The molecule has 0 aliphatic carbocycles. The molecule has 94 valence electrons. The monoisotopic (exact) mass is 236 g/mol. The van der Waals surface area contributed by atoms with Gasteiger partial charge >= 0.3 is 0 Å². The van der Waals surface area contributed by atoms with Gasteiger partial charge in [-0.3, -0.25) is 0 Å². The second-order valence-corrected chi connectivity index (χ2v) is 4.84. The molecule has 0 radical (unpaired) electrons. The van der Waals surface area contributed by atoms with E-state index in [1.165, 1.54) is 5.56 Å². The third-order valence-corrected chi connectivity index (χ3v) is 3.60. The molecule has 2 nitrogen and oxygen atoms in total. The lowest BCUT2D eigenvalue weighted by molar-refractivity contribution is 0.539. The molecular weight excluding hydrogens is 215 g/mol. The van der Waals surface area contributed by atoms with Gasteiger partial charge in [0.25, 0.3) is 0 Å². The number of nitrogens with zero attached hydrogens (tertiary/aromatic N) is 1. The van der Waals surface area contributed by atoms with E-state index in [-0.39, 0.29) is 5.82 Å². The van der Waals surface area contributed by atoms with Gasteiger partial charge in [0.2, 0.25) is 0 Å². The van der Waals surface area contributed by atoms with Crippen molar-refractivity contribution >= 4 is 5.69 Å². The molecule has 0 saturated carbocycles. The molecule has 0 fully saturated rings. The first-order valence-electron chi connectivity index (χ1n) is 6.41. The molecule has 1 N–H and O–H groups in total. The lowest BCUT2D eigenvalue weighted by Gasteiger charge is -2.20. The predicted octanol–water partition coefficient (Wildman–Crippen LogP) is 2.58. The van der Waals surface area contributed by atoms with Crippen LogP contribution in [-0.4, -0.2) is 26.2 Å². The van der Waals surface area contributed by atoms with Crippen molar-refractivity contribution in [2.45, 2.75) is 32.2 Å². The normalized spacial score (nSPS) is 16.1. The van der Waals surface area contributed by atoms with Crippen LogP contribution in [0, 0.1) is 5.82 Å². The minimum absolute atomic E-state index is 0.126. The molecule has 0 spiro atoms.